The van der Waals surface area contributed by atoms with Crippen molar-refractivity contribution in [3.8, 4) is 11.5 Å². The molecule has 4 rings (SSSR count). The molecule has 1 aliphatic rings. The second kappa shape index (κ2) is 11.4. The highest BCUT2D eigenvalue weighted by Gasteiger charge is 2.37. The molecule has 0 saturated carbocycles. The minimum absolute atomic E-state index is 0.206. The fourth-order valence-electron chi connectivity index (χ4n) is 3.99. The predicted octanol–water partition coefficient (Wildman–Crippen LogP) is 6.67. The Morgan fingerprint density at radius 1 is 0.947 bits per heavy atom. The fraction of sp³-hybridized carbons (Fsp3) is 0.207. The summed E-state index contributed by atoms with van der Waals surface area (Å²) < 4.78 is 12.5. The number of amides is 4. The summed E-state index contributed by atoms with van der Waals surface area (Å²) in [6.45, 7) is 8.40. The van der Waals surface area contributed by atoms with E-state index in [0.717, 1.165) is 10.5 Å². The van der Waals surface area contributed by atoms with E-state index in [1.165, 1.54) is 23.3 Å². The van der Waals surface area contributed by atoms with Gasteiger partial charge in [-0.2, -0.15) is 0 Å². The molecule has 0 atom stereocenters. The quantitative estimate of drug-likeness (QED) is 0.243. The lowest BCUT2D eigenvalue weighted by molar-refractivity contribution is -0.122. The van der Waals surface area contributed by atoms with Crippen molar-refractivity contribution in [2.75, 3.05) is 11.5 Å². The molecule has 1 saturated heterocycles. The van der Waals surface area contributed by atoms with Gasteiger partial charge in [0.05, 0.1) is 16.8 Å². The molecule has 9 heteroatoms. The molecule has 0 unspecified atom stereocenters. The first kappa shape index (κ1) is 27.4. The molecular weight excluding hydrogens is 572 g/mol. The van der Waals surface area contributed by atoms with E-state index in [1.807, 2.05) is 26.0 Å². The maximum absolute atomic E-state index is 13.4. The first-order chi connectivity index (χ1) is 18.1. The van der Waals surface area contributed by atoms with Crippen molar-refractivity contribution in [2.24, 2.45) is 0 Å². The molecule has 0 aromatic heterocycles. The van der Waals surface area contributed by atoms with E-state index in [9.17, 15) is 14.4 Å². The Morgan fingerprint density at radius 2 is 1.68 bits per heavy atom. The largest absolute Gasteiger partial charge is 0.490 e. The van der Waals surface area contributed by atoms with Gasteiger partial charge >= 0.3 is 6.03 Å². The number of halogens is 2. The number of nitrogens with zero attached hydrogens (tertiary/aromatic N) is 1. The molecule has 1 N–H and O–H groups in total. The van der Waals surface area contributed by atoms with Crippen LogP contribution in [0.2, 0.25) is 5.02 Å². The topological polar surface area (TPSA) is 84.9 Å². The Kier molecular flexibility index (Phi) is 8.23. The highest BCUT2D eigenvalue weighted by atomic mass is 79.9. The third-order valence-corrected chi connectivity index (χ3v) is 6.94. The number of carbonyl (C=O) groups excluding carboxylic acids is 3. The third kappa shape index (κ3) is 5.76. The molecule has 3 aromatic carbocycles. The van der Waals surface area contributed by atoms with Gasteiger partial charge in [0.2, 0.25) is 0 Å². The molecular formula is C29H26BrClN2O5. The van der Waals surface area contributed by atoms with Gasteiger partial charge in [-0.05, 0) is 102 Å². The van der Waals surface area contributed by atoms with Gasteiger partial charge in [-0.15, -0.1) is 0 Å². The highest BCUT2D eigenvalue weighted by Crippen LogP contribution is 2.38. The average Bonchev–Trinajstić information content (AvgIpc) is 2.85. The van der Waals surface area contributed by atoms with Crippen LogP contribution in [0.15, 0.2) is 58.6 Å². The lowest BCUT2D eigenvalue weighted by Crippen LogP contribution is -2.54. The highest BCUT2D eigenvalue weighted by molar-refractivity contribution is 9.10. The smallest absolute Gasteiger partial charge is 0.335 e. The van der Waals surface area contributed by atoms with Crippen molar-refractivity contribution >= 4 is 57.1 Å². The normalized spacial score (nSPS) is 14.6. The van der Waals surface area contributed by atoms with E-state index in [-0.39, 0.29) is 5.57 Å². The molecule has 1 aliphatic heterocycles. The molecule has 0 spiro atoms. The van der Waals surface area contributed by atoms with Crippen molar-refractivity contribution < 1.29 is 23.9 Å². The number of hydrogen-bond donors (Lipinski definition) is 1. The standard InChI is InChI=1S/C29H26BrClN2O5/c1-5-37-25-13-20(12-23(30)26(25)38-15-19-8-6-16(2)18(4)10-19)11-22-27(34)32-29(36)33(28(22)35)24-14-21(31)9-7-17(24)3/h6-14H,5,15H2,1-4H3,(H,32,34,36)/b22-11+. The second-order valence-corrected chi connectivity index (χ2v) is 10.1. The molecule has 4 amide bonds. The van der Waals surface area contributed by atoms with Gasteiger partial charge in [0.1, 0.15) is 12.2 Å². The number of hydrogen-bond acceptors (Lipinski definition) is 5. The molecule has 7 nitrogen and oxygen atoms in total. The van der Waals surface area contributed by atoms with Gasteiger partial charge in [0.15, 0.2) is 11.5 Å². The number of rotatable bonds is 7. The first-order valence-electron chi connectivity index (χ1n) is 11.9. The van der Waals surface area contributed by atoms with Crippen LogP contribution in [0.5, 0.6) is 11.5 Å². The number of anilines is 1. The lowest BCUT2D eigenvalue weighted by atomic mass is 10.1. The summed E-state index contributed by atoms with van der Waals surface area (Å²) in [5.41, 5.74) is 4.64. The maximum Gasteiger partial charge on any atom is 0.335 e. The zero-order valence-corrected chi connectivity index (χ0v) is 23.7. The summed E-state index contributed by atoms with van der Waals surface area (Å²) in [4.78, 5) is 39.5. The van der Waals surface area contributed by atoms with Crippen LogP contribution in [0.4, 0.5) is 10.5 Å². The monoisotopic (exact) mass is 596 g/mol. The summed E-state index contributed by atoms with van der Waals surface area (Å²) in [5.74, 6) is -0.605. The van der Waals surface area contributed by atoms with Crippen molar-refractivity contribution in [1.82, 2.24) is 5.32 Å². The van der Waals surface area contributed by atoms with Crippen LogP contribution in [0.25, 0.3) is 6.08 Å². The van der Waals surface area contributed by atoms with Crippen LogP contribution in [0, 0.1) is 20.8 Å². The van der Waals surface area contributed by atoms with Crippen LogP contribution in [0.3, 0.4) is 0 Å². The number of ether oxygens (including phenoxy) is 2. The van der Waals surface area contributed by atoms with Crippen molar-refractivity contribution in [1.29, 1.82) is 0 Å². The number of carbonyl (C=O) groups is 3. The third-order valence-electron chi connectivity index (χ3n) is 6.11. The number of urea groups is 1. The van der Waals surface area contributed by atoms with Crippen molar-refractivity contribution in [2.45, 2.75) is 34.3 Å². The Morgan fingerprint density at radius 3 is 2.39 bits per heavy atom. The van der Waals surface area contributed by atoms with Crippen molar-refractivity contribution in [3.63, 3.8) is 0 Å². The molecule has 196 valence electrons. The Balaban J connectivity index is 1.67. The summed E-state index contributed by atoms with van der Waals surface area (Å²) in [6, 6.07) is 13.6. The number of aryl methyl sites for hydroxylation is 3. The SMILES string of the molecule is CCOc1cc(/C=C2\C(=O)NC(=O)N(c3cc(Cl)ccc3C)C2=O)cc(Br)c1OCc1ccc(C)c(C)c1. The zero-order valence-electron chi connectivity index (χ0n) is 21.4. The van der Waals surface area contributed by atoms with Crippen LogP contribution >= 0.6 is 27.5 Å². The van der Waals surface area contributed by atoms with Crippen LogP contribution in [0.1, 0.15) is 34.7 Å². The zero-order chi connectivity index (χ0) is 27.6. The number of barbiturate groups is 1. The molecule has 0 bridgehead atoms. The van der Waals surface area contributed by atoms with E-state index in [2.05, 4.69) is 34.2 Å². The number of imide groups is 2. The van der Waals surface area contributed by atoms with Gasteiger partial charge in [-0.1, -0.05) is 35.9 Å². The lowest BCUT2D eigenvalue weighted by Gasteiger charge is -2.27. The Labute approximate surface area is 234 Å². The van der Waals surface area contributed by atoms with E-state index in [0.29, 0.717) is 51.0 Å². The van der Waals surface area contributed by atoms with Crippen LogP contribution < -0.4 is 19.7 Å². The minimum atomic E-state index is -0.839. The molecule has 0 radical (unpaired) electrons. The Bertz CT molecular complexity index is 1480. The van der Waals surface area contributed by atoms with Gasteiger partial charge in [0, 0.05) is 5.02 Å². The minimum Gasteiger partial charge on any atom is -0.490 e. The fourth-order valence-corrected chi connectivity index (χ4v) is 4.73. The average molecular weight is 598 g/mol. The maximum atomic E-state index is 13.4. The molecule has 3 aromatic rings. The van der Waals surface area contributed by atoms with Crippen LogP contribution in [-0.2, 0) is 16.2 Å². The van der Waals surface area contributed by atoms with Gasteiger partial charge in [0.25, 0.3) is 11.8 Å². The summed E-state index contributed by atoms with van der Waals surface area (Å²) in [5, 5.41) is 2.59. The number of benzene rings is 3. The molecule has 38 heavy (non-hydrogen) atoms. The summed E-state index contributed by atoms with van der Waals surface area (Å²) in [7, 11) is 0. The number of nitrogens with one attached hydrogen (secondary N) is 1. The van der Waals surface area contributed by atoms with Gasteiger partial charge in [-0.25, -0.2) is 9.69 Å². The van der Waals surface area contributed by atoms with Gasteiger partial charge in [-0.3, -0.25) is 14.9 Å². The molecule has 1 fully saturated rings. The van der Waals surface area contributed by atoms with Crippen LogP contribution in [-0.4, -0.2) is 24.5 Å². The Hall–Kier alpha value is -3.62. The van der Waals surface area contributed by atoms with E-state index in [4.69, 9.17) is 21.1 Å². The van der Waals surface area contributed by atoms with E-state index in [1.54, 1.807) is 31.2 Å². The summed E-state index contributed by atoms with van der Waals surface area (Å²) in [6.07, 6.45) is 1.41. The predicted molar refractivity (Wildman–Crippen MR) is 151 cm³/mol. The van der Waals surface area contributed by atoms with Crippen molar-refractivity contribution in [3.05, 3.63) is 91.4 Å². The molecule has 0 aliphatic carbocycles. The van der Waals surface area contributed by atoms with E-state index >= 15 is 0 Å². The molecule has 1 heterocycles. The second-order valence-electron chi connectivity index (χ2n) is 8.86. The van der Waals surface area contributed by atoms with E-state index < -0.39 is 17.8 Å². The van der Waals surface area contributed by atoms with Gasteiger partial charge < -0.3 is 9.47 Å². The summed E-state index contributed by atoms with van der Waals surface area (Å²) >= 11 is 9.64. The first-order valence-corrected chi connectivity index (χ1v) is 13.1.